The topological polar surface area (TPSA) is 66.5 Å². The van der Waals surface area contributed by atoms with E-state index in [1.165, 1.54) is 4.31 Å². The molecule has 5 nitrogen and oxygen atoms in total. The lowest BCUT2D eigenvalue weighted by Gasteiger charge is -2.25. The molecule has 0 aliphatic heterocycles. The highest BCUT2D eigenvalue weighted by Gasteiger charge is 2.24. The number of rotatable bonds is 6. The molecule has 1 rings (SSSR count). The Morgan fingerprint density at radius 3 is 2.52 bits per heavy atom. The average Bonchev–Trinajstić information content (AvgIpc) is 2.38. The Bertz CT molecular complexity index is 617. The average molecular weight is 377 g/mol. The van der Waals surface area contributed by atoms with E-state index in [0.717, 1.165) is 16.3 Å². The van der Waals surface area contributed by atoms with Crippen LogP contribution in [0.2, 0.25) is 0 Å². The summed E-state index contributed by atoms with van der Waals surface area (Å²) in [7, 11) is -3.42. The van der Waals surface area contributed by atoms with E-state index in [2.05, 4.69) is 21.2 Å². The Morgan fingerprint density at radius 1 is 1.43 bits per heavy atom. The van der Waals surface area contributed by atoms with Crippen molar-refractivity contribution in [3.63, 3.8) is 0 Å². The molecule has 0 saturated carbocycles. The van der Waals surface area contributed by atoms with Crippen LogP contribution in [0, 0.1) is 6.92 Å². The minimum absolute atomic E-state index is 0.181. The third kappa shape index (κ3) is 5.41. The molecule has 21 heavy (non-hydrogen) atoms. The van der Waals surface area contributed by atoms with Gasteiger partial charge in [0.05, 0.1) is 12.8 Å². The normalized spacial score (nSPS) is 13.2. The fourth-order valence-electron chi connectivity index (χ4n) is 1.82. The second-order valence-corrected chi connectivity index (χ2v) is 7.87. The maximum atomic E-state index is 12.1. The molecular weight excluding hydrogens is 356 g/mol. The molecule has 1 atom stereocenters. The summed E-state index contributed by atoms with van der Waals surface area (Å²) in [5.41, 5.74) is 1.69. The quantitative estimate of drug-likeness (QED) is 0.829. The van der Waals surface area contributed by atoms with Gasteiger partial charge in [0, 0.05) is 16.2 Å². The monoisotopic (exact) mass is 376 g/mol. The summed E-state index contributed by atoms with van der Waals surface area (Å²) in [5, 5.41) is 2.72. The van der Waals surface area contributed by atoms with Gasteiger partial charge >= 0.3 is 0 Å². The number of carbonyl (C=O) groups is 1. The van der Waals surface area contributed by atoms with E-state index in [-0.39, 0.29) is 18.5 Å². The molecule has 7 heteroatoms. The van der Waals surface area contributed by atoms with E-state index in [0.29, 0.717) is 12.1 Å². The lowest BCUT2D eigenvalue weighted by molar-refractivity contribution is -0.116. The Hall–Kier alpha value is -0.920. The third-order valence-corrected chi connectivity index (χ3v) is 5.46. The van der Waals surface area contributed by atoms with Gasteiger partial charge in [-0.15, -0.1) is 0 Å². The molecule has 0 aliphatic rings. The SMILES string of the molecule is CCC(C)N(CC(=O)Nc1ccc(C)c(Br)c1)S(C)(=O)=O. The number of carbonyl (C=O) groups excluding carboxylic acids is 1. The number of anilines is 1. The van der Waals surface area contributed by atoms with Gasteiger partial charge in [0.25, 0.3) is 0 Å². The summed E-state index contributed by atoms with van der Waals surface area (Å²) in [6.07, 6.45) is 1.77. The molecule has 0 aromatic heterocycles. The summed E-state index contributed by atoms with van der Waals surface area (Å²) >= 11 is 3.40. The molecule has 1 aromatic carbocycles. The van der Waals surface area contributed by atoms with E-state index < -0.39 is 10.0 Å². The van der Waals surface area contributed by atoms with Gasteiger partial charge in [-0.2, -0.15) is 4.31 Å². The maximum absolute atomic E-state index is 12.1. The van der Waals surface area contributed by atoms with Crippen molar-refractivity contribution in [3.8, 4) is 0 Å². The van der Waals surface area contributed by atoms with Gasteiger partial charge < -0.3 is 5.32 Å². The number of hydrogen-bond donors (Lipinski definition) is 1. The van der Waals surface area contributed by atoms with Crippen molar-refractivity contribution in [1.29, 1.82) is 0 Å². The highest BCUT2D eigenvalue weighted by Crippen LogP contribution is 2.20. The molecule has 0 spiro atoms. The van der Waals surface area contributed by atoms with Crippen molar-refractivity contribution in [2.75, 3.05) is 18.1 Å². The molecule has 118 valence electrons. The van der Waals surface area contributed by atoms with Crippen LogP contribution in [0.1, 0.15) is 25.8 Å². The lowest BCUT2D eigenvalue weighted by atomic mass is 10.2. The Balaban J connectivity index is 2.81. The predicted octanol–water partition coefficient (Wildman–Crippen LogP) is 2.76. The number of hydrogen-bond acceptors (Lipinski definition) is 3. The van der Waals surface area contributed by atoms with Crippen LogP contribution in [0.3, 0.4) is 0 Å². The van der Waals surface area contributed by atoms with Crippen molar-refractivity contribution < 1.29 is 13.2 Å². The molecule has 0 saturated heterocycles. The van der Waals surface area contributed by atoms with Gasteiger partial charge in [0.1, 0.15) is 0 Å². The number of nitrogens with zero attached hydrogens (tertiary/aromatic N) is 1. The summed E-state index contributed by atoms with van der Waals surface area (Å²) in [5.74, 6) is -0.350. The largest absolute Gasteiger partial charge is 0.325 e. The number of nitrogens with one attached hydrogen (secondary N) is 1. The number of aryl methyl sites for hydroxylation is 1. The first-order chi connectivity index (χ1) is 9.65. The molecule has 0 radical (unpaired) electrons. The van der Waals surface area contributed by atoms with Crippen molar-refractivity contribution >= 4 is 37.5 Å². The van der Waals surface area contributed by atoms with Crippen LogP contribution in [0.15, 0.2) is 22.7 Å². The summed E-state index contributed by atoms with van der Waals surface area (Å²) in [4.78, 5) is 12.1. The Morgan fingerprint density at radius 2 is 2.05 bits per heavy atom. The second-order valence-electron chi connectivity index (χ2n) is 5.08. The first-order valence-corrected chi connectivity index (χ1v) is 9.32. The summed E-state index contributed by atoms with van der Waals surface area (Å²) < 4.78 is 25.6. The minimum atomic E-state index is -3.42. The van der Waals surface area contributed by atoms with Crippen LogP contribution in [-0.4, -0.2) is 37.5 Å². The number of benzene rings is 1. The van der Waals surface area contributed by atoms with E-state index >= 15 is 0 Å². The fourth-order valence-corrected chi connectivity index (χ4v) is 3.35. The van der Waals surface area contributed by atoms with Gasteiger partial charge in [0.15, 0.2) is 0 Å². The van der Waals surface area contributed by atoms with Crippen molar-refractivity contribution in [3.05, 3.63) is 28.2 Å². The van der Waals surface area contributed by atoms with Gasteiger partial charge in [-0.3, -0.25) is 4.79 Å². The highest BCUT2D eigenvalue weighted by atomic mass is 79.9. The highest BCUT2D eigenvalue weighted by molar-refractivity contribution is 9.10. The van der Waals surface area contributed by atoms with Crippen molar-refractivity contribution in [2.24, 2.45) is 0 Å². The fraction of sp³-hybridized carbons (Fsp3) is 0.500. The molecule has 1 unspecified atom stereocenters. The number of amides is 1. The zero-order valence-electron chi connectivity index (χ0n) is 12.7. The van der Waals surface area contributed by atoms with Crippen LogP contribution in [0.25, 0.3) is 0 Å². The van der Waals surface area contributed by atoms with Crippen molar-refractivity contribution in [1.82, 2.24) is 4.31 Å². The van der Waals surface area contributed by atoms with Crippen LogP contribution in [-0.2, 0) is 14.8 Å². The summed E-state index contributed by atoms with van der Waals surface area (Å²) in [6.45, 7) is 5.44. The van der Waals surface area contributed by atoms with E-state index in [9.17, 15) is 13.2 Å². The van der Waals surface area contributed by atoms with Crippen LogP contribution in [0.4, 0.5) is 5.69 Å². The van der Waals surface area contributed by atoms with Crippen molar-refractivity contribution in [2.45, 2.75) is 33.2 Å². The summed E-state index contributed by atoms with van der Waals surface area (Å²) in [6, 6.07) is 5.24. The molecule has 1 aromatic rings. The first-order valence-electron chi connectivity index (χ1n) is 6.68. The molecule has 1 N–H and O–H groups in total. The lowest BCUT2D eigenvalue weighted by Crippen LogP contribution is -2.42. The number of sulfonamides is 1. The molecule has 1 amide bonds. The molecule has 0 bridgehead atoms. The zero-order chi connectivity index (χ0) is 16.2. The zero-order valence-corrected chi connectivity index (χ0v) is 15.1. The second kappa shape index (κ2) is 7.38. The van der Waals surface area contributed by atoms with Gasteiger partial charge in [-0.05, 0) is 38.0 Å². The van der Waals surface area contributed by atoms with Gasteiger partial charge in [0.2, 0.25) is 15.9 Å². The molecule has 0 aliphatic carbocycles. The van der Waals surface area contributed by atoms with E-state index in [4.69, 9.17) is 0 Å². The number of halogens is 1. The molecular formula is C14H21BrN2O3S. The Labute approximate surface area is 134 Å². The molecule has 0 fully saturated rings. The van der Waals surface area contributed by atoms with Crippen LogP contribution in [0.5, 0.6) is 0 Å². The van der Waals surface area contributed by atoms with Crippen LogP contribution >= 0.6 is 15.9 Å². The van der Waals surface area contributed by atoms with Crippen LogP contribution < -0.4 is 5.32 Å². The first kappa shape index (κ1) is 18.1. The maximum Gasteiger partial charge on any atom is 0.239 e. The standard InChI is InChI=1S/C14H21BrN2O3S/c1-5-11(3)17(21(4,19)20)9-14(18)16-12-7-6-10(2)13(15)8-12/h6-8,11H,5,9H2,1-4H3,(H,16,18). The van der Waals surface area contributed by atoms with E-state index in [1.807, 2.05) is 19.9 Å². The molecule has 0 heterocycles. The minimum Gasteiger partial charge on any atom is -0.325 e. The Kier molecular flexibility index (Phi) is 6.37. The van der Waals surface area contributed by atoms with Gasteiger partial charge in [-0.25, -0.2) is 8.42 Å². The smallest absolute Gasteiger partial charge is 0.239 e. The van der Waals surface area contributed by atoms with E-state index in [1.54, 1.807) is 19.1 Å². The van der Waals surface area contributed by atoms with Gasteiger partial charge in [-0.1, -0.05) is 28.9 Å². The third-order valence-electron chi connectivity index (χ3n) is 3.26. The predicted molar refractivity (Wildman–Crippen MR) is 88.8 cm³/mol.